The zero-order valence-electron chi connectivity index (χ0n) is 14.6. The van der Waals surface area contributed by atoms with E-state index in [1.807, 2.05) is 42.5 Å². The second-order valence-electron chi connectivity index (χ2n) is 6.48. The number of hydrogen-bond acceptors (Lipinski definition) is 6. The number of carbonyl (C=O) groups is 1. The van der Waals surface area contributed by atoms with Gasteiger partial charge in [0, 0.05) is 17.1 Å². The Labute approximate surface area is 159 Å². The largest absolute Gasteiger partial charge is 0.494 e. The number of thiazole rings is 1. The van der Waals surface area contributed by atoms with Crippen molar-refractivity contribution >= 4 is 43.6 Å². The average molecular weight is 379 g/mol. The molecule has 0 saturated carbocycles. The molecule has 4 aromatic rings. The second-order valence-corrected chi connectivity index (χ2v) is 7.49. The first-order chi connectivity index (χ1) is 13.2. The second kappa shape index (κ2) is 6.28. The van der Waals surface area contributed by atoms with Crippen LogP contribution in [-0.2, 0) is 4.74 Å². The van der Waals surface area contributed by atoms with Crippen molar-refractivity contribution < 1.29 is 14.3 Å². The molecule has 0 aliphatic carbocycles. The number of rotatable bonds is 4. The normalized spacial score (nSPS) is 14.5. The Morgan fingerprint density at radius 1 is 1.22 bits per heavy atom. The summed E-state index contributed by atoms with van der Waals surface area (Å²) in [7, 11) is 1.65. The zero-order chi connectivity index (χ0) is 18.4. The maximum atomic E-state index is 12.5. The maximum absolute atomic E-state index is 12.5. The Bertz CT molecular complexity index is 1140. The molecule has 0 unspecified atom stereocenters. The lowest BCUT2D eigenvalue weighted by molar-refractivity contribution is 0.0237. The standard InChI is InChI=1S/C20H17N3O3S/c1-25-16-7-4-8-17-18(16)22-20(27-17)23-10-12(11-23)26-19(24)14-9-21-15-6-3-2-5-13(14)15/h2-9,12,21H,10-11H2,1H3. The fourth-order valence-electron chi connectivity index (χ4n) is 3.34. The Balaban J connectivity index is 1.28. The minimum atomic E-state index is -0.289. The van der Waals surface area contributed by atoms with Gasteiger partial charge in [-0.15, -0.1) is 0 Å². The zero-order valence-corrected chi connectivity index (χ0v) is 15.5. The lowest BCUT2D eigenvalue weighted by atomic mass is 10.1. The number of anilines is 1. The smallest absolute Gasteiger partial charge is 0.340 e. The minimum Gasteiger partial charge on any atom is -0.494 e. The van der Waals surface area contributed by atoms with Gasteiger partial charge in [-0.05, 0) is 18.2 Å². The predicted octanol–water partition coefficient (Wildman–Crippen LogP) is 3.83. The summed E-state index contributed by atoms with van der Waals surface area (Å²) in [5.74, 6) is 0.487. The van der Waals surface area contributed by atoms with E-state index in [0.717, 1.165) is 32.0 Å². The van der Waals surface area contributed by atoms with E-state index in [4.69, 9.17) is 9.47 Å². The molecule has 136 valence electrons. The third-order valence-electron chi connectivity index (χ3n) is 4.79. The van der Waals surface area contributed by atoms with Crippen molar-refractivity contribution in [2.24, 2.45) is 0 Å². The van der Waals surface area contributed by atoms with Gasteiger partial charge in [0.15, 0.2) is 5.13 Å². The number of ether oxygens (including phenoxy) is 2. The first kappa shape index (κ1) is 16.1. The molecule has 0 spiro atoms. The number of hydrogen-bond donors (Lipinski definition) is 1. The maximum Gasteiger partial charge on any atom is 0.340 e. The van der Waals surface area contributed by atoms with Crippen molar-refractivity contribution in [3.63, 3.8) is 0 Å². The molecular weight excluding hydrogens is 362 g/mol. The van der Waals surface area contributed by atoms with Crippen LogP contribution in [-0.4, -0.2) is 42.2 Å². The van der Waals surface area contributed by atoms with Crippen molar-refractivity contribution in [1.82, 2.24) is 9.97 Å². The van der Waals surface area contributed by atoms with Gasteiger partial charge >= 0.3 is 5.97 Å². The highest BCUT2D eigenvalue weighted by Crippen LogP contribution is 2.36. The minimum absolute atomic E-state index is 0.125. The lowest BCUT2D eigenvalue weighted by Gasteiger charge is -2.38. The van der Waals surface area contributed by atoms with E-state index in [1.54, 1.807) is 24.6 Å². The molecule has 0 atom stereocenters. The molecule has 1 aliphatic heterocycles. The predicted molar refractivity (Wildman–Crippen MR) is 106 cm³/mol. The molecule has 0 radical (unpaired) electrons. The van der Waals surface area contributed by atoms with E-state index in [9.17, 15) is 4.79 Å². The van der Waals surface area contributed by atoms with Crippen molar-refractivity contribution in [2.45, 2.75) is 6.10 Å². The van der Waals surface area contributed by atoms with E-state index in [1.165, 1.54) is 0 Å². The summed E-state index contributed by atoms with van der Waals surface area (Å²) in [4.78, 5) is 22.4. The van der Waals surface area contributed by atoms with Gasteiger partial charge in [-0.2, -0.15) is 0 Å². The van der Waals surface area contributed by atoms with Gasteiger partial charge in [0.2, 0.25) is 0 Å². The molecule has 0 amide bonds. The topological polar surface area (TPSA) is 67.5 Å². The quantitative estimate of drug-likeness (QED) is 0.546. The number of fused-ring (bicyclic) bond motifs is 2. The van der Waals surface area contributed by atoms with Crippen LogP contribution in [0.15, 0.2) is 48.7 Å². The molecule has 1 N–H and O–H groups in total. The number of H-pyrrole nitrogens is 1. The summed E-state index contributed by atoms with van der Waals surface area (Å²) >= 11 is 1.62. The Hall–Kier alpha value is -3.06. The fourth-order valence-corrected chi connectivity index (χ4v) is 4.34. The number of benzene rings is 2. The lowest BCUT2D eigenvalue weighted by Crippen LogP contribution is -2.53. The van der Waals surface area contributed by atoms with Crippen molar-refractivity contribution in [3.05, 3.63) is 54.2 Å². The molecule has 2 aromatic heterocycles. The molecule has 2 aromatic carbocycles. The van der Waals surface area contributed by atoms with Crippen LogP contribution in [0.25, 0.3) is 21.1 Å². The highest BCUT2D eigenvalue weighted by molar-refractivity contribution is 7.22. The van der Waals surface area contributed by atoms with Gasteiger partial charge in [0.05, 0.1) is 30.5 Å². The van der Waals surface area contributed by atoms with E-state index < -0.39 is 0 Å². The van der Waals surface area contributed by atoms with Crippen LogP contribution in [0.4, 0.5) is 5.13 Å². The Morgan fingerprint density at radius 3 is 2.93 bits per heavy atom. The van der Waals surface area contributed by atoms with Crippen LogP contribution in [0.3, 0.4) is 0 Å². The number of nitrogens with zero attached hydrogens (tertiary/aromatic N) is 2. The molecule has 3 heterocycles. The number of esters is 1. The van der Waals surface area contributed by atoms with Crippen LogP contribution in [0.1, 0.15) is 10.4 Å². The molecule has 5 rings (SSSR count). The Kier molecular flexibility index (Phi) is 3.75. The van der Waals surface area contributed by atoms with Crippen molar-refractivity contribution in [3.8, 4) is 5.75 Å². The van der Waals surface area contributed by atoms with E-state index in [0.29, 0.717) is 18.7 Å². The number of para-hydroxylation sites is 2. The van der Waals surface area contributed by atoms with Crippen LogP contribution >= 0.6 is 11.3 Å². The summed E-state index contributed by atoms with van der Waals surface area (Å²) in [6, 6.07) is 13.6. The summed E-state index contributed by atoms with van der Waals surface area (Å²) in [6.45, 7) is 1.30. The molecule has 0 bridgehead atoms. The van der Waals surface area contributed by atoms with Crippen LogP contribution in [0.2, 0.25) is 0 Å². The molecule has 7 heteroatoms. The third-order valence-corrected chi connectivity index (χ3v) is 5.87. The van der Waals surface area contributed by atoms with E-state index >= 15 is 0 Å². The molecule has 1 aliphatic rings. The molecule has 6 nitrogen and oxygen atoms in total. The summed E-state index contributed by atoms with van der Waals surface area (Å²) in [5, 5.41) is 1.81. The van der Waals surface area contributed by atoms with Crippen LogP contribution < -0.4 is 9.64 Å². The summed E-state index contributed by atoms with van der Waals surface area (Å²) < 4.78 is 12.1. The molecule has 1 saturated heterocycles. The van der Waals surface area contributed by atoms with Crippen LogP contribution in [0.5, 0.6) is 5.75 Å². The first-order valence-corrected chi connectivity index (χ1v) is 9.50. The fraction of sp³-hybridized carbons (Fsp3) is 0.200. The van der Waals surface area contributed by atoms with Gasteiger partial charge < -0.3 is 19.4 Å². The van der Waals surface area contributed by atoms with E-state index in [2.05, 4.69) is 14.9 Å². The third kappa shape index (κ3) is 2.71. The molecule has 27 heavy (non-hydrogen) atoms. The van der Waals surface area contributed by atoms with E-state index in [-0.39, 0.29) is 12.1 Å². The van der Waals surface area contributed by atoms with Gasteiger partial charge in [-0.25, -0.2) is 9.78 Å². The number of nitrogens with one attached hydrogen (secondary N) is 1. The monoisotopic (exact) mass is 379 g/mol. The number of methoxy groups -OCH3 is 1. The van der Waals surface area contributed by atoms with Gasteiger partial charge in [0.25, 0.3) is 0 Å². The number of aromatic amines is 1. The summed E-state index contributed by atoms with van der Waals surface area (Å²) in [5.41, 5.74) is 2.39. The SMILES string of the molecule is COc1cccc2sc(N3CC(OC(=O)c4c[nH]c5ccccc45)C3)nc12. The Morgan fingerprint density at radius 2 is 2.07 bits per heavy atom. The van der Waals surface area contributed by atoms with Gasteiger partial charge in [-0.1, -0.05) is 35.6 Å². The molecule has 1 fully saturated rings. The number of carbonyl (C=O) groups excluding carboxylic acids is 1. The van der Waals surface area contributed by atoms with Gasteiger partial charge in [0.1, 0.15) is 17.4 Å². The van der Waals surface area contributed by atoms with Crippen molar-refractivity contribution in [2.75, 3.05) is 25.1 Å². The first-order valence-electron chi connectivity index (χ1n) is 8.68. The highest BCUT2D eigenvalue weighted by atomic mass is 32.1. The number of aromatic nitrogens is 2. The van der Waals surface area contributed by atoms with Gasteiger partial charge in [-0.3, -0.25) is 0 Å². The summed E-state index contributed by atoms with van der Waals surface area (Å²) in [6.07, 6.45) is 1.59. The van der Waals surface area contributed by atoms with Crippen molar-refractivity contribution in [1.29, 1.82) is 0 Å². The molecular formula is C20H17N3O3S. The highest BCUT2D eigenvalue weighted by Gasteiger charge is 2.33. The van der Waals surface area contributed by atoms with Crippen LogP contribution in [0, 0.1) is 0 Å². The average Bonchev–Trinajstić information content (AvgIpc) is 3.27.